The van der Waals surface area contributed by atoms with Crippen molar-refractivity contribution >= 4 is 23.4 Å². The van der Waals surface area contributed by atoms with Gasteiger partial charge in [0.25, 0.3) is 5.92 Å². The fourth-order valence-corrected chi connectivity index (χ4v) is 4.61. The number of carbonyl (C=O) groups is 1. The molecule has 2 amide bonds. The number of nitrogens with one attached hydrogen (secondary N) is 1. The average Bonchev–Trinajstić information content (AvgIpc) is 3.60. The summed E-state index contributed by atoms with van der Waals surface area (Å²) in [7, 11) is 0. The van der Waals surface area contributed by atoms with Crippen LogP contribution in [0, 0.1) is 5.82 Å². The second kappa shape index (κ2) is 10.0. The van der Waals surface area contributed by atoms with E-state index in [2.05, 4.69) is 15.3 Å². The molecule has 5 rings (SSSR count). The van der Waals surface area contributed by atoms with E-state index in [1.807, 2.05) is 0 Å². The molecule has 1 N–H and O–H groups in total. The van der Waals surface area contributed by atoms with Crippen molar-refractivity contribution in [1.82, 2.24) is 19.8 Å². The third-order valence-corrected chi connectivity index (χ3v) is 6.74. The van der Waals surface area contributed by atoms with Gasteiger partial charge in [-0.05, 0) is 37.4 Å². The molecule has 1 aromatic carbocycles. The van der Waals surface area contributed by atoms with Crippen LogP contribution in [0.4, 0.5) is 23.8 Å². The van der Waals surface area contributed by atoms with Gasteiger partial charge in [0.05, 0.1) is 49.7 Å². The summed E-state index contributed by atoms with van der Waals surface area (Å²) in [6.45, 7) is 3.28. The van der Waals surface area contributed by atoms with Crippen molar-refractivity contribution in [3.8, 4) is 0 Å². The second-order valence-electron chi connectivity index (χ2n) is 9.29. The minimum atomic E-state index is -3.46. The van der Waals surface area contributed by atoms with E-state index in [4.69, 9.17) is 21.1 Å². The van der Waals surface area contributed by atoms with E-state index in [-0.39, 0.29) is 36.1 Å². The topological polar surface area (TPSA) is 79.8 Å². The van der Waals surface area contributed by atoms with E-state index < -0.39 is 30.0 Å². The number of urea groups is 1. The Kier molecular flexibility index (Phi) is 6.97. The highest BCUT2D eigenvalue weighted by Gasteiger charge is 2.39. The van der Waals surface area contributed by atoms with E-state index in [0.29, 0.717) is 43.4 Å². The molecule has 194 valence electrons. The Hall–Kier alpha value is -2.63. The Bertz CT molecular complexity index is 1140. The van der Waals surface area contributed by atoms with Gasteiger partial charge in [-0.15, -0.1) is 0 Å². The van der Waals surface area contributed by atoms with Gasteiger partial charge in [0.2, 0.25) is 5.28 Å². The number of fused-ring (bicyclic) bond motifs is 1. The summed E-state index contributed by atoms with van der Waals surface area (Å²) >= 11 is 6.14. The summed E-state index contributed by atoms with van der Waals surface area (Å²) in [6.07, 6.45) is 1.34. The van der Waals surface area contributed by atoms with Gasteiger partial charge < -0.3 is 24.6 Å². The molecule has 0 bridgehead atoms. The highest BCUT2D eigenvalue weighted by molar-refractivity contribution is 6.28. The first-order valence-electron chi connectivity index (χ1n) is 11.9. The van der Waals surface area contributed by atoms with Crippen LogP contribution in [0.1, 0.15) is 48.2 Å². The fraction of sp³-hybridized carbons (Fsp3) is 0.542. The Labute approximate surface area is 211 Å². The number of morpholine rings is 1. The van der Waals surface area contributed by atoms with Crippen molar-refractivity contribution in [3.05, 3.63) is 51.7 Å². The van der Waals surface area contributed by atoms with Crippen LogP contribution in [-0.4, -0.2) is 64.8 Å². The monoisotopic (exact) mass is 525 g/mol. The number of alkyl halides is 2. The number of ether oxygens (including phenoxy) is 2. The summed E-state index contributed by atoms with van der Waals surface area (Å²) in [5.41, 5.74) is 0.598. The van der Waals surface area contributed by atoms with Gasteiger partial charge in [0.15, 0.2) is 0 Å². The van der Waals surface area contributed by atoms with Crippen LogP contribution in [0.15, 0.2) is 18.2 Å². The van der Waals surface area contributed by atoms with Gasteiger partial charge in [-0.25, -0.2) is 19.2 Å². The van der Waals surface area contributed by atoms with E-state index in [9.17, 15) is 13.6 Å². The number of carbonyl (C=O) groups excluding carboxylic acids is 1. The third-order valence-electron chi connectivity index (χ3n) is 6.57. The molecular weight excluding hydrogens is 499 g/mol. The lowest BCUT2D eigenvalue weighted by Crippen LogP contribution is -2.46. The lowest BCUT2D eigenvalue weighted by atomic mass is 10.00. The molecule has 0 radical (unpaired) electrons. The Morgan fingerprint density at radius 1 is 1.25 bits per heavy atom. The van der Waals surface area contributed by atoms with Crippen molar-refractivity contribution in [3.63, 3.8) is 0 Å². The van der Waals surface area contributed by atoms with Crippen LogP contribution in [0.3, 0.4) is 0 Å². The van der Waals surface area contributed by atoms with Gasteiger partial charge in [0.1, 0.15) is 18.2 Å². The molecule has 0 unspecified atom stereocenters. The van der Waals surface area contributed by atoms with Crippen LogP contribution < -0.4 is 5.32 Å². The number of nitrogens with zero attached hydrogens (tertiary/aromatic N) is 4. The molecule has 1 atom stereocenters. The minimum absolute atomic E-state index is 0.0258. The van der Waals surface area contributed by atoms with Crippen LogP contribution in [-0.2, 0) is 28.5 Å². The number of benzene rings is 1. The Morgan fingerprint density at radius 3 is 2.72 bits per heavy atom. The van der Waals surface area contributed by atoms with Crippen molar-refractivity contribution in [1.29, 1.82) is 0 Å². The van der Waals surface area contributed by atoms with Crippen molar-refractivity contribution in [2.75, 3.05) is 38.2 Å². The van der Waals surface area contributed by atoms with Crippen molar-refractivity contribution in [2.24, 2.45) is 0 Å². The molecule has 8 nitrogen and oxygen atoms in total. The lowest BCUT2D eigenvalue weighted by Gasteiger charge is -2.30. The normalized spacial score (nSPS) is 18.8. The molecule has 2 fully saturated rings. The first-order chi connectivity index (χ1) is 17.2. The Morgan fingerprint density at radius 2 is 2.00 bits per heavy atom. The van der Waals surface area contributed by atoms with Crippen molar-refractivity contribution in [2.45, 2.75) is 50.9 Å². The predicted molar refractivity (Wildman–Crippen MR) is 125 cm³/mol. The second-order valence-corrected chi connectivity index (χ2v) is 9.63. The van der Waals surface area contributed by atoms with E-state index in [0.717, 1.165) is 18.9 Å². The van der Waals surface area contributed by atoms with Gasteiger partial charge in [-0.3, -0.25) is 0 Å². The zero-order chi connectivity index (χ0) is 25.4. The van der Waals surface area contributed by atoms with E-state index >= 15 is 4.39 Å². The van der Waals surface area contributed by atoms with Gasteiger partial charge in [0, 0.05) is 24.2 Å². The maximum Gasteiger partial charge on any atom is 0.320 e. The quantitative estimate of drug-likeness (QED) is 0.537. The molecule has 12 heteroatoms. The summed E-state index contributed by atoms with van der Waals surface area (Å²) in [5.74, 6) is -4.12. The molecule has 3 aliphatic rings. The zero-order valence-electron chi connectivity index (χ0n) is 19.8. The Balaban J connectivity index is 1.34. The average molecular weight is 526 g/mol. The largest absolute Gasteiger partial charge is 0.378 e. The third kappa shape index (κ3) is 5.23. The van der Waals surface area contributed by atoms with Gasteiger partial charge in [-0.1, -0.05) is 12.1 Å². The van der Waals surface area contributed by atoms with Crippen LogP contribution >= 0.6 is 11.6 Å². The van der Waals surface area contributed by atoms with Crippen LogP contribution in [0.2, 0.25) is 5.28 Å². The van der Waals surface area contributed by atoms with Crippen LogP contribution in [0.25, 0.3) is 0 Å². The number of halogens is 4. The molecule has 2 aliphatic heterocycles. The number of anilines is 1. The van der Waals surface area contributed by atoms with Crippen molar-refractivity contribution < 1.29 is 27.4 Å². The molecular formula is C24H27ClF3N5O3. The summed E-state index contributed by atoms with van der Waals surface area (Å²) in [4.78, 5) is 24.8. The molecule has 1 saturated heterocycles. The highest BCUT2D eigenvalue weighted by Crippen LogP contribution is 2.37. The maximum absolute atomic E-state index is 15.3. The van der Waals surface area contributed by atoms with Gasteiger partial charge in [-0.2, -0.15) is 8.78 Å². The molecule has 0 spiro atoms. The van der Waals surface area contributed by atoms with E-state index in [1.165, 1.54) is 12.1 Å². The molecule has 1 saturated carbocycles. The molecule has 36 heavy (non-hydrogen) atoms. The number of amides is 2. The summed E-state index contributed by atoms with van der Waals surface area (Å²) in [6, 6.07) is 3.07. The maximum atomic E-state index is 15.3. The SMILES string of the molecule is C[C@@H](Nc1nc(Cl)nc2c1CN(C(=O)N1CCOCC1)C2)c1cccc(C(F)(F)COC2CC2)c1F. The molecule has 2 aromatic rings. The summed E-state index contributed by atoms with van der Waals surface area (Å²) < 4.78 is 55.2. The number of hydrogen-bond donors (Lipinski definition) is 1. The first-order valence-corrected chi connectivity index (χ1v) is 12.3. The first kappa shape index (κ1) is 25.0. The molecule has 1 aromatic heterocycles. The fourth-order valence-electron chi connectivity index (χ4n) is 4.42. The number of hydrogen-bond acceptors (Lipinski definition) is 6. The number of aromatic nitrogens is 2. The predicted octanol–water partition coefficient (Wildman–Crippen LogP) is 4.48. The van der Waals surface area contributed by atoms with Crippen LogP contribution in [0.5, 0.6) is 0 Å². The number of rotatable bonds is 7. The smallest absolute Gasteiger partial charge is 0.320 e. The summed E-state index contributed by atoms with van der Waals surface area (Å²) in [5, 5.41) is 3.07. The zero-order valence-corrected chi connectivity index (χ0v) is 20.5. The highest BCUT2D eigenvalue weighted by atomic mass is 35.5. The minimum Gasteiger partial charge on any atom is -0.378 e. The van der Waals surface area contributed by atoms with E-state index in [1.54, 1.807) is 16.7 Å². The standard InChI is InChI=1S/C24H27ClF3N5O3/c1-14(16-3-2-4-18(20(16)26)24(27,28)13-36-15-5-6-15)29-21-17-11-33(12-19(17)30-22(25)31-21)23(34)32-7-9-35-10-8-32/h2-4,14-15H,5-13H2,1H3,(H,29,30,31)/t14-/m1/s1. The van der Waals surface area contributed by atoms with Gasteiger partial charge >= 0.3 is 6.03 Å². The molecule has 1 aliphatic carbocycles. The molecule has 3 heterocycles. The lowest BCUT2D eigenvalue weighted by molar-refractivity contribution is -0.0895.